The molecule has 1 aromatic heterocycles. The van der Waals surface area contributed by atoms with E-state index in [2.05, 4.69) is 57.7 Å². The Morgan fingerprint density at radius 2 is 1.80 bits per heavy atom. The molecule has 0 spiro atoms. The zero-order valence-electron chi connectivity index (χ0n) is 11.5. The molecule has 0 amide bonds. The Kier molecular flexibility index (Phi) is 2.52. The number of rotatable bonds is 3. The summed E-state index contributed by atoms with van der Waals surface area (Å²) < 4.78 is 0. The fourth-order valence-electron chi connectivity index (χ4n) is 2.59. The van der Waals surface area contributed by atoms with Crippen LogP contribution in [0.15, 0.2) is 42.5 Å². The second-order valence-electron chi connectivity index (χ2n) is 5.46. The topological polar surface area (TPSA) is 40.7 Å². The Morgan fingerprint density at radius 3 is 2.50 bits per heavy atom. The zero-order valence-corrected chi connectivity index (χ0v) is 11.5. The molecule has 1 fully saturated rings. The lowest BCUT2D eigenvalue weighted by Gasteiger charge is -2.04. The first-order valence-corrected chi connectivity index (χ1v) is 7.11. The second-order valence-corrected chi connectivity index (χ2v) is 5.46. The van der Waals surface area contributed by atoms with Crippen LogP contribution in [0.2, 0.25) is 0 Å². The molecule has 2 N–H and O–H groups in total. The number of aromatic amines is 1. The largest absolute Gasteiger partial charge is 0.388 e. The van der Waals surface area contributed by atoms with Gasteiger partial charge in [0.25, 0.3) is 0 Å². The molecule has 1 aliphatic rings. The van der Waals surface area contributed by atoms with Gasteiger partial charge in [0.1, 0.15) is 5.82 Å². The standard InChI is InChI=1S/C17H17N3/c1-18-14-7-4-11(5-8-14)13-6-9-15-16(10-13)20-17(19-15)12-2-3-12/h4-10,12,18H,2-3H2,1H3,(H,19,20). The molecular weight excluding hydrogens is 246 g/mol. The number of benzene rings is 2. The lowest BCUT2D eigenvalue weighted by atomic mass is 10.0. The second kappa shape index (κ2) is 4.37. The maximum atomic E-state index is 4.67. The maximum absolute atomic E-state index is 4.67. The summed E-state index contributed by atoms with van der Waals surface area (Å²) >= 11 is 0. The van der Waals surface area contributed by atoms with E-state index < -0.39 is 0 Å². The van der Waals surface area contributed by atoms with Crippen LogP contribution in [0.3, 0.4) is 0 Å². The molecular formula is C17H17N3. The van der Waals surface area contributed by atoms with Crippen LogP contribution in [0.5, 0.6) is 0 Å². The first-order valence-electron chi connectivity index (χ1n) is 7.11. The van der Waals surface area contributed by atoms with Crippen LogP contribution in [0.25, 0.3) is 22.2 Å². The molecule has 0 saturated heterocycles. The summed E-state index contributed by atoms with van der Waals surface area (Å²) in [6, 6.07) is 14.9. The van der Waals surface area contributed by atoms with Gasteiger partial charge in [-0.3, -0.25) is 0 Å². The smallest absolute Gasteiger partial charge is 0.110 e. The minimum atomic E-state index is 0.667. The van der Waals surface area contributed by atoms with E-state index >= 15 is 0 Å². The van der Waals surface area contributed by atoms with Crippen LogP contribution in [0.1, 0.15) is 24.6 Å². The van der Waals surface area contributed by atoms with E-state index in [9.17, 15) is 0 Å². The van der Waals surface area contributed by atoms with Crippen molar-refractivity contribution in [2.24, 2.45) is 0 Å². The van der Waals surface area contributed by atoms with Gasteiger partial charge >= 0.3 is 0 Å². The molecule has 0 bridgehead atoms. The van der Waals surface area contributed by atoms with Crippen molar-refractivity contribution in [3.8, 4) is 11.1 Å². The van der Waals surface area contributed by atoms with Gasteiger partial charge in [0.2, 0.25) is 0 Å². The minimum absolute atomic E-state index is 0.667. The van der Waals surface area contributed by atoms with Gasteiger partial charge in [-0.25, -0.2) is 4.98 Å². The Bertz CT molecular complexity index is 752. The molecule has 1 saturated carbocycles. The molecule has 3 nitrogen and oxygen atoms in total. The van der Waals surface area contributed by atoms with E-state index in [1.54, 1.807) is 0 Å². The molecule has 4 rings (SSSR count). The van der Waals surface area contributed by atoms with Gasteiger partial charge in [-0.15, -0.1) is 0 Å². The highest BCUT2D eigenvalue weighted by atomic mass is 14.9. The minimum Gasteiger partial charge on any atom is -0.388 e. The monoisotopic (exact) mass is 263 g/mol. The quantitative estimate of drug-likeness (QED) is 0.745. The summed E-state index contributed by atoms with van der Waals surface area (Å²) in [5, 5.41) is 3.14. The Labute approximate surface area is 118 Å². The number of fused-ring (bicyclic) bond motifs is 1. The molecule has 0 atom stereocenters. The highest BCUT2D eigenvalue weighted by Crippen LogP contribution is 2.39. The van der Waals surface area contributed by atoms with E-state index in [1.165, 1.54) is 24.0 Å². The zero-order chi connectivity index (χ0) is 13.5. The van der Waals surface area contributed by atoms with E-state index in [0.717, 1.165) is 22.5 Å². The number of anilines is 1. The van der Waals surface area contributed by atoms with Crippen LogP contribution in [0, 0.1) is 0 Å². The van der Waals surface area contributed by atoms with Crippen molar-refractivity contribution >= 4 is 16.7 Å². The average Bonchev–Trinajstić information content (AvgIpc) is 3.26. The summed E-state index contributed by atoms with van der Waals surface area (Å²) in [5.74, 6) is 1.82. The number of hydrogen-bond acceptors (Lipinski definition) is 2. The van der Waals surface area contributed by atoms with Crippen molar-refractivity contribution in [2.45, 2.75) is 18.8 Å². The fraction of sp³-hybridized carbons (Fsp3) is 0.235. The van der Waals surface area contributed by atoms with Crippen molar-refractivity contribution in [1.82, 2.24) is 9.97 Å². The van der Waals surface area contributed by atoms with Gasteiger partial charge in [-0.2, -0.15) is 0 Å². The Balaban J connectivity index is 1.74. The molecule has 3 heteroatoms. The molecule has 100 valence electrons. The average molecular weight is 263 g/mol. The normalized spacial score (nSPS) is 14.7. The summed E-state index contributed by atoms with van der Waals surface area (Å²) in [6.45, 7) is 0. The fourth-order valence-corrected chi connectivity index (χ4v) is 2.59. The van der Waals surface area contributed by atoms with Crippen LogP contribution in [-0.2, 0) is 0 Å². The molecule has 0 radical (unpaired) electrons. The third-order valence-electron chi connectivity index (χ3n) is 3.97. The number of hydrogen-bond donors (Lipinski definition) is 2. The Hall–Kier alpha value is -2.29. The first-order chi connectivity index (χ1) is 9.83. The van der Waals surface area contributed by atoms with Crippen LogP contribution in [0.4, 0.5) is 5.69 Å². The van der Waals surface area contributed by atoms with Gasteiger partial charge in [0.15, 0.2) is 0 Å². The molecule has 20 heavy (non-hydrogen) atoms. The number of imidazole rings is 1. The third-order valence-corrected chi connectivity index (χ3v) is 3.97. The Morgan fingerprint density at radius 1 is 1.05 bits per heavy atom. The van der Waals surface area contributed by atoms with Crippen LogP contribution < -0.4 is 5.32 Å². The van der Waals surface area contributed by atoms with Crippen molar-refractivity contribution < 1.29 is 0 Å². The van der Waals surface area contributed by atoms with E-state index in [4.69, 9.17) is 0 Å². The molecule has 1 heterocycles. The van der Waals surface area contributed by atoms with Gasteiger partial charge in [0.05, 0.1) is 11.0 Å². The van der Waals surface area contributed by atoms with E-state index in [1.807, 2.05) is 7.05 Å². The molecule has 1 aliphatic carbocycles. The summed E-state index contributed by atoms with van der Waals surface area (Å²) in [7, 11) is 1.94. The number of nitrogens with zero attached hydrogens (tertiary/aromatic N) is 1. The molecule has 0 unspecified atom stereocenters. The van der Waals surface area contributed by atoms with E-state index in [-0.39, 0.29) is 0 Å². The molecule has 2 aromatic carbocycles. The van der Waals surface area contributed by atoms with Crippen molar-refractivity contribution in [2.75, 3.05) is 12.4 Å². The highest BCUT2D eigenvalue weighted by Gasteiger charge is 2.26. The summed E-state index contributed by atoms with van der Waals surface area (Å²) in [5.41, 5.74) is 5.80. The highest BCUT2D eigenvalue weighted by molar-refractivity contribution is 5.82. The van der Waals surface area contributed by atoms with Crippen molar-refractivity contribution in [1.29, 1.82) is 0 Å². The summed E-state index contributed by atoms with van der Waals surface area (Å²) in [6.07, 6.45) is 2.55. The van der Waals surface area contributed by atoms with E-state index in [0.29, 0.717) is 5.92 Å². The number of nitrogens with one attached hydrogen (secondary N) is 2. The number of H-pyrrole nitrogens is 1. The maximum Gasteiger partial charge on any atom is 0.110 e. The first kappa shape index (κ1) is 11.5. The molecule has 3 aromatic rings. The molecule has 0 aliphatic heterocycles. The lowest BCUT2D eigenvalue weighted by molar-refractivity contribution is 0.986. The van der Waals surface area contributed by atoms with Crippen molar-refractivity contribution in [3.05, 3.63) is 48.3 Å². The van der Waals surface area contributed by atoms with Gasteiger partial charge < -0.3 is 10.3 Å². The van der Waals surface area contributed by atoms with Crippen LogP contribution in [-0.4, -0.2) is 17.0 Å². The predicted molar refractivity (Wildman–Crippen MR) is 83.1 cm³/mol. The SMILES string of the molecule is CNc1ccc(-c2ccc3nc(C4CC4)[nH]c3c2)cc1. The third kappa shape index (κ3) is 1.95. The lowest BCUT2D eigenvalue weighted by Crippen LogP contribution is -1.86. The predicted octanol–water partition coefficient (Wildman–Crippen LogP) is 4.15. The van der Waals surface area contributed by atoms with Gasteiger partial charge in [-0.1, -0.05) is 18.2 Å². The van der Waals surface area contributed by atoms with Gasteiger partial charge in [-0.05, 0) is 48.2 Å². The van der Waals surface area contributed by atoms with Crippen LogP contribution >= 0.6 is 0 Å². The van der Waals surface area contributed by atoms with Crippen molar-refractivity contribution in [3.63, 3.8) is 0 Å². The number of aromatic nitrogens is 2. The summed E-state index contributed by atoms with van der Waals surface area (Å²) in [4.78, 5) is 8.14. The van der Waals surface area contributed by atoms with Gasteiger partial charge in [0, 0.05) is 18.7 Å².